The summed E-state index contributed by atoms with van der Waals surface area (Å²) < 4.78 is 0. The summed E-state index contributed by atoms with van der Waals surface area (Å²) >= 11 is 0. The third kappa shape index (κ3) is 3.08. The van der Waals surface area contributed by atoms with Crippen LogP contribution in [0.3, 0.4) is 0 Å². The highest BCUT2D eigenvalue weighted by atomic mass is 14.9. The number of nitrogens with one attached hydrogen (secondary N) is 1. The van der Waals surface area contributed by atoms with Crippen molar-refractivity contribution in [3.63, 3.8) is 0 Å². The van der Waals surface area contributed by atoms with E-state index in [0.717, 1.165) is 29.9 Å². The molecule has 1 N–H and O–H groups in total. The van der Waals surface area contributed by atoms with Crippen LogP contribution in [0.2, 0.25) is 0 Å². The van der Waals surface area contributed by atoms with Crippen molar-refractivity contribution < 1.29 is 0 Å². The monoisotopic (exact) mass is 237 g/mol. The quantitative estimate of drug-likeness (QED) is 0.889. The van der Waals surface area contributed by atoms with Gasteiger partial charge in [-0.2, -0.15) is 5.26 Å². The van der Waals surface area contributed by atoms with E-state index in [1.54, 1.807) is 6.20 Å². The summed E-state index contributed by atoms with van der Waals surface area (Å²) in [5, 5.41) is 12.3. The Morgan fingerprint density at radius 2 is 2.17 bits per heavy atom. The van der Waals surface area contributed by atoms with Gasteiger partial charge in [0, 0.05) is 24.9 Å². The van der Waals surface area contributed by atoms with Crippen LogP contribution >= 0.6 is 0 Å². The molecular weight excluding hydrogens is 222 g/mol. The number of anilines is 1. The average Bonchev–Trinajstić information content (AvgIpc) is 2.40. The number of pyridine rings is 1. The molecule has 0 spiro atoms. The number of rotatable bonds is 4. The number of aromatic nitrogens is 1. The normalized spacial score (nSPS) is 9.78. The van der Waals surface area contributed by atoms with Gasteiger partial charge in [-0.3, -0.25) is 4.98 Å². The van der Waals surface area contributed by atoms with Crippen molar-refractivity contribution >= 4 is 5.69 Å². The molecule has 0 atom stereocenters. The lowest BCUT2D eigenvalue weighted by atomic mass is 10.1. The molecule has 3 nitrogen and oxygen atoms in total. The zero-order chi connectivity index (χ0) is 12.8. The van der Waals surface area contributed by atoms with Crippen LogP contribution in [0.4, 0.5) is 5.69 Å². The minimum Gasteiger partial charge on any atom is -0.384 e. The molecule has 0 bridgehead atoms. The van der Waals surface area contributed by atoms with Crippen LogP contribution in [0.15, 0.2) is 42.6 Å². The average molecular weight is 237 g/mol. The molecule has 1 heterocycles. The molecule has 0 aliphatic heterocycles. The zero-order valence-corrected chi connectivity index (χ0v) is 10.4. The zero-order valence-electron chi connectivity index (χ0n) is 10.4. The SMILES string of the molecule is Cc1ccc(C#N)c(NCCc2ccccn2)c1. The summed E-state index contributed by atoms with van der Waals surface area (Å²) in [5.41, 5.74) is 3.78. The fourth-order valence-electron chi connectivity index (χ4n) is 1.77. The molecule has 0 radical (unpaired) electrons. The molecule has 0 unspecified atom stereocenters. The van der Waals surface area contributed by atoms with Gasteiger partial charge in [-0.05, 0) is 36.8 Å². The van der Waals surface area contributed by atoms with E-state index in [4.69, 9.17) is 5.26 Å². The van der Waals surface area contributed by atoms with E-state index in [9.17, 15) is 0 Å². The van der Waals surface area contributed by atoms with Gasteiger partial charge in [-0.25, -0.2) is 0 Å². The first-order valence-corrected chi connectivity index (χ1v) is 5.94. The van der Waals surface area contributed by atoms with Crippen LogP contribution in [0.5, 0.6) is 0 Å². The molecule has 0 aliphatic rings. The largest absolute Gasteiger partial charge is 0.384 e. The van der Waals surface area contributed by atoms with Crippen LogP contribution in [-0.4, -0.2) is 11.5 Å². The maximum absolute atomic E-state index is 9.02. The second kappa shape index (κ2) is 5.83. The Kier molecular flexibility index (Phi) is 3.93. The van der Waals surface area contributed by atoms with Crippen molar-refractivity contribution in [1.82, 2.24) is 4.98 Å². The van der Waals surface area contributed by atoms with Crippen molar-refractivity contribution in [2.45, 2.75) is 13.3 Å². The molecule has 90 valence electrons. The molecule has 1 aromatic carbocycles. The Bertz CT molecular complexity index is 556. The van der Waals surface area contributed by atoms with Gasteiger partial charge in [0.25, 0.3) is 0 Å². The van der Waals surface area contributed by atoms with E-state index in [2.05, 4.69) is 16.4 Å². The summed E-state index contributed by atoms with van der Waals surface area (Å²) in [6, 6.07) is 13.9. The van der Waals surface area contributed by atoms with Crippen LogP contribution in [0, 0.1) is 18.3 Å². The molecular formula is C15H15N3. The Morgan fingerprint density at radius 1 is 1.28 bits per heavy atom. The van der Waals surface area contributed by atoms with Gasteiger partial charge in [0.1, 0.15) is 6.07 Å². The third-order valence-corrected chi connectivity index (χ3v) is 2.72. The number of hydrogen-bond acceptors (Lipinski definition) is 3. The first-order valence-electron chi connectivity index (χ1n) is 5.94. The van der Waals surface area contributed by atoms with Gasteiger partial charge in [0.2, 0.25) is 0 Å². The van der Waals surface area contributed by atoms with Crippen molar-refractivity contribution in [3.05, 3.63) is 59.4 Å². The summed E-state index contributed by atoms with van der Waals surface area (Å²) in [6.45, 7) is 2.79. The van der Waals surface area contributed by atoms with E-state index in [1.807, 2.05) is 43.3 Å². The van der Waals surface area contributed by atoms with E-state index in [1.165, 1.54) is 0 Å². The Morgan fingerprint density at radius 3 is 2.89 bits per heavy atom. The Balaban J connectivity index is 1.98. The second-order valence-electron chi connectivity index (χ2n) is 4.16. The maximum Gasteiger partial charge on any atom is 0.101 e. The fraction of sp³-hybridized carbons (Fsp3) is 0.200. The summed E-state index contributed by atoms with van der Waals surface area (Å²) in [4.78, 5) is 4.27. The number of nitrogens with zero attached hydrogens (tertiary/aromatic N) is 2. The standard InChI is InChI=1S/C15H15N3/c1-12-5-6-13(11-16)15(10-12)18-9-7-14-4-2-3-8-17-14/h2-6,8,10,18H,7,9H2,1H3. The van der Waals surface area contributed by atoms with E-state index in [-0.39, 0.29) is 0 Å². The Labute approximate surface area is 107 Å². The van der Waals surface area contributed by atoms with Crippen LogP contribution in [-0.2, 0) is 6.42 Å². The van der Waals surface area contributed by atoms with Gasteiger partial charge >= 0.3 is 0 Å². The molecule has 0 saturated heterocycles. The second-order valence-corrected chi connectivity index (χ2v) is 4.16. The Hall–Kier alpha value is -2.34. The lowest BCUT2D eigenvalue weighted by Crippen LogP contribution is -2.07. The van der Waals surface area contributed by atoms with Crippen molar-refractivity contribution in [1.29, 1.82) is 5.26 Å². The highest BCUT2D eigenvalue weighted by molar-refractivity contribution is 5.58. The van der Waals surface area contributed by atoms with Gasteiger partial charge < -0.3 is 5.32 Å². The topological polar surface area (TPSA) is 48.7 Å². The number of benzene rings is 1. The first kappa shape index (κ1) is 12.1. The highest BCUT2D eigenvalue weighted by Gasteiger charge is 2.01. The molecule has 0 saturated carbocycles. The van der Waals surface area contributed by atoms with E-state index in [0.29, 0.717) is 5.56 Å². The smallest absolute Gasteiger partial charge is 0.101 e. The van der Waals surface area contributed by atoms with Gasteiger partial charge in [0.05, 0.1) is 11.3 Å². The minimum absolute atomic E-state index is 0.682. The summed E-state index contributed by atoms with van der Waals surface area (Å²) in [5.74, 6) is 0. The van der Waals surface area contributed by atoms with Crippen LogP contribution in [0.25, 0.3) is 0 Å². The van der Waals surface area contributed by atoms with Crippen LogP contribution < -0.4 is 5.32 Å². The van der Waals surface area contributed by atoms with Crippen molar-refractivity contribution in [3.8, 4) is 6.07 Å². The molecule has 3 heteroatoms. The number of nitriles is 1. The van der Waals surface area contributed by atoms with Crippen molar-refractivity contribution in [2.24, 2.45) is 0 Å². The molecule has 0 fully saturated rings. The van der Waals surface area contributed by atoms with Gasteiger partial charge in [-0.15, -0.1) is 0 Å². The lowest BCUT2D eigenvalue weighted by Gasteiger charge is -2.08. The van der Waals surface area contributed by atoms with Crippen LogP contribution in [0.1, 0.15) is 16.8 Å². The molecule has 0 amide bonds. The number of hydrogen-bond donors (Lipinski definition) is 1. The number of aryl methyl sites for hydroxylation is 1. The molecule has 2 aromatic rings. The maximum atomic E-state index is 9.02. The van der Waals surface area contributed by atoms with E-state index < -0.39 is 0 Å². The van der Waals surface area contributed by atoms with Crippen molar-refractivity contribution in [2.75, 3.05) is 11.9 Å². The minimum atomic E-state index is 0.682. The predicted octanol–water partition coefficient (Wildman–Crippen LogP) is 2.92. The lowest BCUT2D eigenvalue weighted by molar-refractivity contribution is 0.960. The third-order valence-electron chi connectivity index (χ3n) is 2.72. The summed E-state index contributed by atoms with van der Waals surface area (Å²) in [7, 11) is 0. The molecule has 0 aliphatic carbocycles. The summed E-state index contributed by atoms with van der Waals surface area (Å²) in [6.07, 6.45) is 2.64. The predicted molar refractivity (Wildman–Crippen MR) is 72.3 cm³/mol. The van der Waals surface area contributed by atoms with Gasteiger partial charge in [-0.1, -0.05) is 12.1 Å². The van der Waals surface area contributed by atoms with Gasteiger partial charge in [0.15, 0.2) is 0 Å². The molecule has 1 aromatic heterocycles. The molecule has 2 rings (SSSR count). The highest BCUT2D eigenvalue weighted by Crippen LogP contribution is 2.16. The first-order chi connectivity index (χ1) is 8.79. The molecule has 18 heavy (non-hydrogen) atoms. The van der Waals surface area contributed by atoms with E-state index >= 15 is 0 Å². The fourth-order valence-corrected chi connectivity index (χ4v) is 1.77.